The van der Waals surface area contributed by atoms with Crippen molar-refractivity contribution in [2.75, 3.05) is 0 Å². The van der Waals surface area contributed by atoms with Crippen LogP contribution in [-0.2, 0) is 0 Å². The Morgan fingerprint density at radius 2 is 0.867 bits per heavy atom. The summed E-state index contributed by atoms with van der Waals surface area (Å²) in [6.07, 6.45) is 29.2. The molecule has 0 amide bonds. The predicted molar refractivity (Wildman–Crippen MR) is 143 cm³/mol. The Hall–Kier alpha value is 0.960. The van der Waals surface area contributed by atoms with Gasteiger partial charge in [-0.15, -0.1) is 0 Å². The Morgan fingerprint density at radius 3 is 1.27 bits per heavy atom. The number of alkyl halides is 2. The van der Waals surface area contributed by atoms with Crippen molar-refractivity contribution in [3.63, 3.8) is 0 Å². The average Bonchev–Trinajstić information content (AvgIpc) is 2.74. The molecular formula is C28H52Br2. The van der Waals surface area contributed by atoms with E-state index >= 15 is 0 Å². The van der Waals surface area contributed by atoms with E-state index in [0.29, 0.717) is 0 Å². The molecule has 0 nitrogen and oxygen atoms in total. The molecule has 0 aromatic carbocycles. The van der Waals surface area contributed by atoms with Crippen LogP contribution in [0.4, 0.5) is 0 Å². The Labute approximate surface area is 206 Å². The van der Waals surface area contributed by atoms with Crippen LogP contribution in [0.1, 0.15) is 142 Å². The molecule has 6 atom stereocenters. The molecule has 0 aromatic rings. The molecule has 2 fully saturated rings. The molecule has 0 N–H and O–H groups in total. The maximum absolute atomic E-state index is 4.01. The first kappa shape index (κ1) is 27.2. The molecule has 0 radical (unpaired) electrons. The van der Waals surface area contributed by atoms with Gasteiger partial charge in [0.2, 0.25) is 0 Å². The minimum absolute atomic E-state index is 0.795. The van der Waals surface area contributed by atoms with Gasteiger partial charge in [-0.2, -0.15) is 0 Å². The topological polar surface area (TPSA) is 0 Å². The van der Waals surface area contributed by atoms with Gasteiger partial charge in [0.1, 0.15) is 0 Å². The zero-order chi connectivity index (χ0) is 21.6. The highest BCUT2D eigenvalue weighted by Crippen LogP contribution is 2.49. The van der Waals surface area contributed by atoms with Gasteiger partial charge in [0.25, 0.3) is 0 Å². The van der Waals surface area contributed by atoms with Gasteiger partial charge in [0.15, 0.2) is 0 Å². The lowest BCUT2D eigenvalue weighted by Crippen LogP contribution is -2.37. The fraction of sp³-hybridized carbons (Fsp3) is 1.00. The van der Waals surface area contributed by atoms with Crippen LogP contribution < -0.4 is 0 Å². The second-order valence-electron chi connectivity index (χ2n) is 10.8. The number of hydrogen-bond acceptors (Lipinski definition) is 0. The first-order valence-electron chi connectivity index (χ1n) is 13.9. The number of halogens is 2. The molecule has 0 aromatic heterocycles. The number of hydrogen-bond donors (Lipinski definition) is 0. The zero-order valence-electron chi connectivity index (χ0n) is 20.4. The van der Waals surface area contributed by atoms with E-state index in [1.807, 2.05) is 0 Å². The van der Waals surface area contributed by atoms with Crippen LogP contribution in [-0.4, -0.2) is 9.65 Å². The van der Waals surface area contributed by atoms with Gasteiger partial charge < -0.3 is 0 Å². The quantitative estimate of drug-likeness (QED) is 0.141. The molecule has 30 heavy (non-hydrogen) atoms. The monoisotopic (exact) mass is 546 g/mol. The highest BCUT2D eigenvalue weighted by Gasteiger charge is 2.40. The number of rotatable bonds is 15. The molecule has 0 heterocycles. The zero-order valence-corrected chi connectivity index (χ0v) is 23.5. The summed E-state index contributed by atoms with van der Waals surface area (Å²) in [5.74, 6) is 4.05. The second kappa shape index (κ2) is 16.6. The van der Waals surface area contributed by atoms with Crippen LogP contribution in [0.25, 0.3) is 0 Å². The van der Waals surface area contributed by atoms with Gasteiger partial charge >= 0.3 is 0 Å². The van der Waals surface area contributed by atoms with E-state index < -0.39 is 0 Å². The Morgan fingerprint density at radius 1 is 0.500 bits per heavy atom. The summed E-state index contributed by atoms with van der Waals surface area (Å²) in [5.41, 5.74) is 0. The molecule has 0 saturated heterocycles. The van der Waals surface area contributed by atoms with Crippen LogP contribution in [0.15, 0.2) is 0 Å². The number of unbranched alkanes of at least 4 members (excludes halogenated alkanes) is 10. The van der Waals surface area contributed by atoms with Crippen LogP contribution in [0.5, 0.6) is 0 Å². The fourth-order valence-corrected chi connectivity index (χ4v) is 8.11. The smallest absolute Gasteiger partial charge is 0.0148 e. The van der Waals surface area contributed by atoms with Crippen molar-refractivity contribution in [1.82, 2.24) is 0 Å². The third-order valence-electron chi connectivity index (χ3n) is 8.36. The van der Waals surface area contributed by atoms with Crippen molar-refractivity contribution in [2.24, 2.45) is 23.7 Å². The van der Waals surface area contributed by atoms with Crippen molar-refractivity contribution in [2.45, 2.75) is 152 Å². The van der Waals surface area contributed by atoms with E-state index in [2.05, 4.69) is 45.7 Å². The lowest BCUT2D eigenvalue weighted by molar-refractivity contribution is 0.0752. The summed E-state index contributed by atoms with van der Waals surface area (Å²) >= 11 is 8.02. The van der Waals surface area contributed by atoms with Gasteiger partial charge in [0, 0.05) is 9.65 Å². The van der Waals surface area contributed by atoms with Crippen molar-refractivity contribution in [3.05, 3.63) is 0 Å². The third-order valence-corrected chi connectivity index (χ3v) is 10.0. The molecule has 2 heteroatoms. The summed E-state index contributed by atoms with van der Waals surface area (Å²) < 4.78 is 0. The van der Waals surface area contributed by atoms with Gasteiger partial charge in [-0.05, 0) is 62.2 Å². The van der Waals surface area contributed by atoms with Crippen molar-refractivity contribution >= 4 is 31.9 Å². The Balaban J connectivity index is 1.84. The minimum Gasteiger partial charge on any atom is -0.0891 e. The van der Waals surface area contributed by atoms with Crippen LogP contribution >= 0.6 is 31.9 Å². The van der Waals surface area contributed by atoms with Crippen molar-refractivity contribution in [1.29, 1.82) is 0 Å². The van der Waals surface area contributed by atoms with E-state index in [1.165, 1.54) is 128 Å². The maximum atomic E-state index is 4.01. The Bertz CT molecular complexity index is 371. The van der Waals surface area contributed by atoms with E-state index in [4.69, 9.17) is 0 Å². The normalized spacial score (nSPS) is 32.4. The molecule has 2 aliphatic rings. The van der Waals surface area contributed by atoms with Gasteiger partial charge in [0.05, 0.1) is 0 Å². The van der Waals surface area contributed by atoms with Crippen LogP contribution in [0, 0.1) is 23.7 Å². The standard InChI is InChI=1S/C28H52Br2/c1-3-5-7-9-11-13-15-23-21-25(29)17-19-27(23)28-20-18-26(30)22-24(28)16-14-12-10-8-6-4-2/h23-28H,3-22H2,1-2H3. The third kappa shape index (κ3) is 10.3. The van der Waals surface area contributed by atoms with Gasteiger partial charge in [-0.3, -0.25) is 0 Å². The van der Waals surface area contributed by atoms with Gasteiger partial charge in [-0.1, -0.05) is 136 Å². The summed E-state index contributed by atoms with van der Waals surface area (Å²) in [5, 5.41) is 0. The highest BCUT2D eigenvalue weighted by molar-refractivity contribution is 9.09. The second-order valence-corrected chi connectivity index (χ2v) is 13.4. The average molecular weight is 549 g/mol. The van der Waals surface area contributed by atoms with E-state index in [1.54, 1.807) is 0 Å². The molecular weight excluding hydrogens is 496 g/mol. The van der Waals surface area contributed by atoms with Crippen molar-refractivity contribution < 1.29 is 0 Å². The molecule has 178 valence electrons. The first-order valence-corrected chi connectivity index (χ1v) is 15.8. The molecule has 2 aliphatic carbocycles. The van der Waals surface area contributed by atoms with E-state index in [-0.39, 0.29) is 0 Å². The first-order chi connectivity index (χ1) is 14.7. The molecule has 0 aliphatic heterocycles. The summed E-state index contributed by atoms with van der Waals surface area (Å²) in [4.78, 5) is 1.59. The van der Waals surface area contributed by atoms with E-state index in [0.717, 1.165) is 33.3 Å². The summed E-state index contributed by atoms with van der Waals surface area (Å²) in [6.45, 7) is 4.65. The van der Waals surface area contributed by atoms with Crippen LogP contribution in [0.2, 0.25) is 0 Å². The maximum Gasteiger partial charge on any atom is 0.0148 e. The molecule has 0 bridgehead atoms. The lowest BCUT2D eigenvalue weighted by Gasteiger charge is -2.45. The van der Waals surface area contributed by atoms with E-state index in [9.17, 15) is 0 Å². The molecule has 2 saturated carbocycles. The SMILES string of the molecule is CCCCCCCCC1CC(Br)CCC1C1CCC(Br)CC1CCCCCCCC. The van der Waals surface area contributed by atoms with Crippen molar-refractivity contribution in [3.8, 4) is 0 Å². The largest absolute Gasteiger partial charge is 0.0891 e. The Kier molecular flexibility index (Phi) is 15.0. The minimum atomic E-state index is 0.795. The fourth-order valence-electron chi connectivity index (χ4n) is 6.63. The summed E-state index contributed by atoms with van der Waals surface area (Å²) in [7, 11) is 0. The van der Waals surface area contributed by atoms with Gasteiger partial charge in [-0.25, -0.2) is 0 Å². The summed E-state index contributed by atoms with van der Waals surface area (Å²) in [6, 6.07) is 0. The predicted octanol–water partition coefficient (Wildman–Crippen LogP) is 10.8. The molecule has 6 unspecified atom stereocenters. The lowest BCUT2D eigenvalue weighted by atomic mass is 9.62. The molecule has 2 rings (SSSR count). The molecule has 0 spiro atoms. The van der Waals surface area contributed by atoms with Crippen LogP contribution in [0.3, 0.4) is 0 Å². The highest BCUT2D eigenvalue weighted by atomic mass is 79.9.